The van der Waals surface area contributed by atoms with Crippen molar-refractivity contribution < 1.29 is 14.3 Å². The Morgan fingerprint density at radius 2 is 1.65 bits per heavy atom. The number of halogens is 1. The molecule has 0 N–H and O–H groups in total. The molecule has 0 aliphatic carbocycles. The molecule has 0 radical (unpaired) electrons. The summed E-state index contributed by atoms with van der Waals surface area (Å²) in [4.78, 5) is 29.0. The van der Waals surface area contributed by atoms with Crippen molar-refractivity contribution in [2.75, 3.05) is 32.2 Å². The highest BCUT2D eigenvalue weighted by Gasteiger charge is 2.40. The Bertz CT molecular complexity index is 847. The van der Waals surface area contributed by atoms with E-state index in [4.69, 9.17) is 16.3 Å². The molecule has 0 spiro atoms. The summed E-state index contributed by atoms with van der Waals surface area (Å²) in [5.41, 5.74) is 2.20. The van der Waals surface area contributed by atoms with Crippen molar-refractivity contribution >= 4 is 34.7 Å². The van der Waals surface area contributed by atoms with E-state index in [1.807, 2.05) is 30.3 Å². The number of carbonyl (C=O) groups is 2. The van der Waals surface area contributed by atoms with Crippen LogP contribution in [0.25, 0.3) is 5.57 Å². The SMILES string of the molecule is COCCN1C(=O)C(c2ccc(Cl)cc2)=C(N(C)c2ccccc2)C1=O. The van der Waals surface area contributed by atoms with Crippen LogP contribution in [0.1, 0.15) is 5.56 Å². The standard InChI is InChI=1S/C20H19ClN2O3/c1-22(16-6-4-3-5-7-16)18-17(14-8-10-15(21)11-9-14)19(24)23(20(18)25)12-13-26-2/h3-11H,12-13H2,1-2H3. The first-order valence-electron chi connectivity index (χ1n) is 8.18. The van der Waals surface area contributed by atoms with Gasteiger partial charge in [0.25, 0.3) is 11.8 Å². The van der Waals surface area contributed by atoms with Gasteiger partial charge in [-0.25, -0.2) is 0 Å². The zero-order valence-electron chi connectivity index (χ0n) is 14.6. The number of rotatable bonds is 6. The first-order chi connectivity index (χ1) is 12.5. The minimum Gasteiger partial charge on any atom is -0.383 e. The van der Waals surface area contributed by atoms with Crippen molar-refractivity contribution in [1.29, 1.82) is 0 Å². The molecule has 0 bridgehead atoms. The van der Waals surface area contributed by atoms with E-state index in [2.05, 4.69) is 0 Å². The Hall–Kier alpha value is -2.63. The van der Waals surface area contributed by atoms with Gasteiger partial charge in [-0.3, -0.25) is 14.5 Å². The molecule has 26 heavy (non-hydrogen) atoms. The molecule has 0 aromatic heterocycles. The monoisotopic (exact) mass is 370 g/mol. The number of ether oxygens (including phenoxy) is 1. The lowest BCUT2D eigenvalue weighted by atomic mass is 10.0. The van der Waals surface area contributed by atoms with Crippen LogP contribution in [0.15, 0.2) is 60.3 Å². The first kappa shape index (κ1) is 18.2. The molecule has 5 nitrogen and oxygen atoms in total. The number of nitrogens with zero attached hydrogens (tertiary/aromatic N) is 2. The van der Waals surface area contributed by atoms with Crippen LogP contribution in [0.4, 0.5) is 5.69 Å². The number of hydrogen-bond donors (Lipinski definition) is 0. The van der Waals surface area contributed by atoms with Gasteiger partial charge in [0.15, 0.2) is 0 Å². The maximum Gasteiger partial charge on any atom is 0.278 e. The third-order valence-corrected chi connectivity index (χ3v) is 4.53. The Balaban J connectivity index is 2.10. The van der Waals surface area contributed by atoms with Gasteiger partial charge < -0.3 is 9.64 Å². The Labute approximate surface area is 157 Å². The lowest BCUT2D eigenvalue weighted by Crippen LogP contribution is -2.36. The molecule has 0 saturated heterocycles. The molecule has 1 heterocycles. The number of anilines is 1. The zero-order valence-corrected chi connectivity index (χ0v) is 15.4. The quantitative estimate of drug-likeness (QED) is 0.733. The predicted molar refractivity (Wildman–Crippen MR) is 102 cm³/mol. The average Bonchev–Trinajstić information content (AvgIpc) is 2.91. The number of methoxy groups -OCH3 is 1. The second-order valence-corrected chi connectivity index (χ2v) is 6.32. The third kappa shape index (κ3) is 3.36. The molecule has 2 aromatic carbocycles. The van der Waals surface area contributed by atoms with Gasteiger partial charge in [0.1, 0.15) is 5.70 Å². The van der Waals surface area contributed by atoms with Crippen LogP contribution in [-0.2, 0) is 14.3 Å². The molecule has 134 valence electrons. The van der Waals surface area contributed by atoms with Crippen molar-refractivity contribution in [2.45, 2.75) is 0 Å². The number of carbonyl (C=O) groups excluding carboxylic acids is 2. The lowest BCUT2D eigenvalue weighted by Gasteiger charge is -2.21. The van der Waals surface area contributed by atoms with Crippen molar-refractivity contribution in [1.82, 2.24) is 4.90 Å². The second-order valence-electron chi connectivity index (χ2n) is 5.88. The van der Waals surface area contributed by atoms with Gasteiger partial charge in [0.2, 0.25) is 0 Å². The zero-order chi connectivity index (χ0) is 18.7. The Morgan fingerprint density at radius 3 is 2.27 bits per heavy atom. The van der Waals surface area contributed by atoms with Crippen molar-refractivity contribution in [3.8, 4) is 0 Å². The normalized spacial score (nSPS) is 14.3. The summed E-state index contributed by atoms with van der Waals surface area (Å²) in [5, 5.41) is 0.570. The highest BCUT2D eigenvalue weighted by Crippen LogP contribution is 2.33. The molecule has 2 amide bonds. The van der Waals surface area contributed by atoms with Gasteiger partial charge in [-0.2, -0.15) is 0 Å². The smallest absolute Gasteiger partial charge is 0.278 e. The van der Waals surface area contributed by atoms with Crippen LogP contribution < -0.4 is 4.90 Å². The summed E-state index contributed by atoms with van der Waals surface area (Å²) >= 11 is 5.97. The fourth-order valence-electron chi connectivity index (χ4n) is 2.92. The fourth-order valence-corrected chi connectivity index (χ4v) is 3.04. The fraction of sp³-hybridized carbons (Fsp3) is 0.200. The second kappa shape index (κ2) is 7.72. The van der Waals surface area contributed by atoms with Gasteiger partial charge in [0.05, 0.1) is 18.7 Å². The van der Waals surface area contributed by atoms with E-state index in [-0.39, 0.29) is 25.0 Å². The van der Waals surface area contributed by atoms with E-state index in [1.165, 1.54) is 12.0 Å². The van der Waals surface area contributed by atoms with Crippen LogP contribution >= 0.6 is 11.6 Å². The molecular weight excluding hydrogens is 352 g/mol. The number of likely N-dealkylation sites (N-methyl/N-ethyl adjacent to an activating group) is 1. The molecule has 1 aliphatic rings. The van der Waals surface area contributed by atoms with Gasteiger partial charge in [-0.1, -0.05) is 41.9 Å². The maximum absolute atomic E-state index is 13.0. The number of benzene rings is 2. The first-order valence-corrected chi connectivity index (χ1v) is 8.56. The summed E-state index contributed by atoms with van der Waals surface area (Å²) in [7, 11) is 3.32. The summed E-state index contributed by atoms with van der Waals surface area (Å²) in [6.07, 6.45) is 0. The Morgan fingerprint density at radius 1 is 1.00 bits per heavy atom. The van der Waals surface area contributed by atoms with Crippen LogP contribution in [0.2, 0.25) is 5.02 Å². The van der Waals surface area contributed by atoms with Gasteiger partial charge in [-0.15, -0.1) is 0 Å². The van der Waals surface area contributed by atoms with E-state index in [0.29, 0.717) is 21.9 Å². The van der Waals surface area contributed by atoms with Crippen molar-refractivity contribution in [3.63, 3.8) is 0 Å². The molecular formula is C20H19ClN2O3. The van der Waals surface area contributed by atoms with E-state index >= 15 is 0 Å². The number of amides is 2. The highest BCUT2D eigenvalue weighted by atomic mass is 35.5. The summed E-state index contributed by atoms with van der Waals surface area (Å²) in [6, 6.07) is 16.4. The third-order valence-electron chi connectivity index (χ3n) is 4.27. The Kier molecular flexibility index (Phi) is 5.40. The van der Waals surface area contributed by atoms with Crippen molar-refractivity contribution in [3.05, 3.63) is 70.9 Å². The maximum atomic E-state index is 13.0. The van der Waals surface area contributed by atoms with E-state index < -0.39 is 0 Å². The van der Waals surface area contributed by atoms with Crippen LogP contribution in [0, 0.1) is 0 Å². The molecule has 0 saturated carbocycles. The number of hydrogen-bond acceptors (Lipinski definition) is 4. The van der Waals surface area contributed by atoms with Gasteiger partial charge in [0, 0.05) is 24.9 Å². The molecule has 6 heteroatoms. The van der Waals surface area contributed by atoms with Crippen LogP contribution in [0.3, 0.4) is 0 Å². The van der Waals surface area contributed by atoms with E-state index in [1.54, 1.807) is 36.2 Å². The van der Waals surface area contributed by atoms with E-state index in [9.17, 15) is 9.59 Å². The van der Waals surface area contributed by atoms with Gasteiger partial charge >= 0.3 is 0 Å². The van der Waals surface area contributed by atoms with E-state index in [0.717, 1.165) is 5.69 Å². The molecule has 0 fully saturated rings. The number of imide groups is 1. The number of para-hydroxylation sites is 1. The lowest BCUT2D eigenvalue weighted by molar-refractivity contribution is -0.137. The average molecular weight is 371 g/mol. The molecule has 3 rings (SSSR count). The highest BCUT2D eigenvalue weighted by molar-refractivity contribution is 6.37. The van der Waals surface area contributed by atoms with Crippen LogP contribution in [-0.4, -0.2) is 44.0 Å². The molecule has 0 unspecified atom stereocenters. The summed E-state index contributed by atoms with van der Waals surface area (Å²) in [6.45, 7) is 0.491. The van der Waals surface area contributed by atoms with Crippen molar-refractivity contribution in [2.24, 2.45) is 0 Å². The van der Waals surface area contributed by atoms with Crippen LogP contribution in [0.5, 0.6) is 0 Å². The minimum absolute atomic E-state index is 0.206. The predicted octanol–water partition coefficient (Wildman–Crippen LogP) is 3.20. The minimum atomic E-state index is -0.330. The molecule has 2 aromatic rings. The summed E-state index contributed by atoms with van der Waals surface area (Å²) in [5.74, 6) is -0.657. The summed E-state index contributed by atoms with van der Waals surface area (Å²) < 4.78 is 5.04. The molecule has 0 atom stereocenters. The topological polar surface area (TPSA) is 49.9 Å². The van der Waals surface area contributed by atoms with Gasteiger partial charge in [-0.05, 0) is 29.8 Å². The molecule has 1 aliphatic heterocycles. The largest absolute Gasteiger partial charge is 0.383 e.